The smallest absolute Gasteiger partial charge is 0.251 e. The number of carbonyl (C=O) groups excluding carboxylic acids is 2. The monoisotopic (exact) mass is 372 g/mol. The second-order valence-electron chi connectivity index (χ2n) is 9.39. The summed E-state index contributed by atoms with van der Waals surface area (Å²) in [7, 11) is 0. The summed E-state index contributed by atoms with van der Waals surface area (Å²) in [5, 5.41) is 6.22. The van der Waals surface area contributed by atoms with E-state index in [0.717, 1.165) is 37.0 Å². The highest BCUT2D eigenvalue weighted by atomic mass is 19.1. The first-order valence-corrected chi connectivity index (χ1v) is 10.2. The molecule has 0 saturated heterocycles. The number of amides is 2. The summed E-state index contributed by atoms with van der Waals surface area (Å²) in [6, 6.07) is 4.82. The van der Waals surface area contributed by atoms with Crippen LogP contribution in [0.3, 0.4) is 0 Å². The van der Waals surface area contributed by atoms with Gasteiger partial charge in [-0.05, 0) is 86.5 Å². The molecule has 0 radical (unpaired) electrons. The van der Waals surface area contributed by atoms with E-state index >= 15 is 0 Å². The Morgan fingerprint density at radius 2 is 1.52 bits per heavy atom. The van der Waals surface area contributed by atoms with Crippen molar-refractivity contribution in [3.63, 3.8) is 0 Å². The van der Waals surface area contributed by atoms with Crippen molar-refractivity contribution in [2.24, 2.45) is 23.7 Å². The van der Waals surface area contributed by atoms with Crippen molar-refractivity contribution in [2.45, 2.75) is 64.0 Å². The average Bonchev–Trinajstić information content (AvgIpc) is 2.58. The van der Waals surface area contributed by atoms with Gasteiger partial charge in [0.05, 0.1) is 0 Å². The van der Waals surface area contributed by atoms with Crippen molar-refractivity contribution in [3.05, 3.63) is 35.6 Å². The summed E-state index contributed by atoms with van der Waals surface area (Å²) >= 11 is 0. The fraction of sp³-hybridized carbons (Fsp3) is 0.636. The first kappa shape index (κ1) is 18.5. The van der Waals surface area contributed by atoms with E-state index in [1.54, 1.807) is 0 Å². The van der Waals surface area contributed by atoms with Crippen molar-refractivity contribution < 1.29 is 14.0 Å². The largest absolute Gasteiger partial charge is 0.349 e. The minimum Gasteiger partial charge on any atom is -0.349 e. The summed E-state index contributed by atoms with van der Waals surface area (Å²) < 4.78 is 13.1. The number of hydrogen-bond donors (Lipinski definition) is 2. The molecule has 4 saturated carbocycles. The van der Waals surface area contributed by atoms with Crippen molar-refractivity contribution >= 4 is 11.8 Å². The predicted molar refractivity (Wildman–Crippen MR) is 102 cm³/mol. The maximum atomic E-state index is 13.1. The van der Waals surface area contributed by atoms with Gasteiger partial charge in [-0.25, -0.2) is 4.39 Å². The molecule has 4 nitrogen and oxygen atoms in total. The average molecular weight is 372 g/mol. The summed E-state index contributed by atoms with van der Waals surface area (Å²) in [5.41, 5.74) is 0.296. The zero-order valence-corrected chi connectivity index (χ0v) is 16.1. The molecule has 1 atom stereocenters. The third-order valence-electron chi connectivity index (χ3n) is 6.77. The van der Waals surface area contributed by atoms with Crippen LogP contribution in [0.2, 0.25) is 0 Å². The molecule has 4 aliphatic rings. The lowest BCUT2D eigenvalue weighted by atomic mass is 9.53. The quantitative estimate of drug-likeness (QED) is 0.829. The third-order valence-corrected chi connectivity index (χ3v) is 6.77. The molecule has 0 heterocycles. The van der Waals surface area contributed by atoms with Crippen LogP contribution in [-0.2, 0) is 4.79 Å². The first-order chi connectivity index (χ1) is 12.8. The van der Waals surface area contributed by atoms with Crippen molar-refractivity contribution in [1.82, 2.24) is 10.6 Å². The normalized spacial score (nSPS) is 32.4. The minimum absolute atomic E-state index is 0.0247. The van der Waals surface area contributed by atoms with E-state index in [0.29, 0.717) is 5.56 Å². The van der Waals surface area contributed by atoms with E-state index in [2.05, 4.69) is 10.6 Å². The molecular formula is C22H29FN2O2. The molecular weight excluding hydrogens is 343 g/mol. The number of hydrogen-bond acceptors (Lipinski definition) is 2. The highest BCUT2D eigenvalue weighted by molar-refractivity contribution is 5.97. The first-order valence-electron chi connectivity index (χ1n) is 10.2. The van der Waals surface area contributed by atoms with E-state index in [-0.39, 0.29) is 29.1 Å². The van der Waals surface area contributed by atoms with Gasteiger partial charge in [0, 0.05) is 11.1 Å². The van der Waals surface area contributed by atoms with Crippen LogP contribution in [0.4, 0.5) is 4.39 Å². The van der Waals surface area contributed by atoms with Gasteiger partial charge in [0.25, 0.3) is 5.91 Å². The van der Waals surface area contributed by atoms with Crippen LogP contribution in [0.5, 0.6) is 0 Å². The summed E-state index contributed by atoms with van der Waals surface area (Å²) in [5.74, 6) is 1.43. The van der Waals surface area contributed by atoms with Crippen molar-refractivity contribution in [2.75, 3.05) is 0 Å². The molecule has 1 unspecified atom stereocenters. The van der Waals surface area contributed by atoms with Crippen LogP contribution < -0.4 is 10.6 Å². The maximum Gasteiger partial charge on any atom is 0.251 e. The highest BCUT2D eigenvalue weighted by Crippen LogP contribution is 2.55. The zero-order valence-electron chi connectivity index (χ0n) is 16.1. The molecule has 4 bridgehead atoms. The van der Waals surface area contributed by atoms with E-state index in [1.165, 1.54) is 43.5 Å². The van der Waals surface area contributed by atoms with Crippen LogP contribution in [0, 0.1) is 29.5 Å². The lowest BCUT2D eigenvalue weighted by molar-refractivity contribution is -0.129. The summed E-state index contributed by atoms with van der Waals surface area (Å²) in [6.45, 7) is 3.88. The van der Waals surface area contributed by atoms with Crippen molar-refractivity contribution in [1.29, 1.82) is 0 Å². The molecule has 27 heavy (non-hydrogen) atoms. The van der Waals surface area contributed by atoms with Gasteiger partial charge < -0.3 is 10.6 Å². The summed E-state index contributed by atoms with van der Waals surface area (Å²) in [4.78, 5) is 25.6. The standard InChI is InChI=1S/C22H29FN2O2/c1-13(2)19(24-20(26)17-3-5-18(23)6-4-17)21(27)25-22-10-14-7-15(11-22)9-16(8-14)12-22/h3-6,13-16,19H,7-12H2,1-2H3,(H,24,26)(H,25,27). The molecule has 0 aliphatic heterocycles. The Labute approximate surface area is 160 Å². The van der Waals surface area contributed by atoms with Gasteiger partial charge in [-0.1, -0.05) is 13.8 Å². The zero-order chi connectivity index (χ0) is 19.2. The van der Waals surface area contributed by atoms with Gasteiger partial charge in [-0.15, -0.1) is 0 Å². The Morgan fingerprint density at radius 1 is 1.00 bits per heavy atom. The second-order valence-corrected chi connectivity index (χ2v) is 9.39. The Hall–Kier alpha value is -1.91. The molecule has 4 aliphatic carbocycles. The van der Waals surface area contributed by atoms with Crippen LogP contribution in [0.15, 0.2) is 24.3 Å². The third kappa shape index (κ3) is 3.74. The molecule has 2 amide bonds. The van der Waals surface area contributed by atoms with Gasteiger partial charge in [0.15, 0.2) is 0 Å². The van der Waals surface area contributed by atoms with Gasteiger partial charge in [-0.3, -0.25) is 9.59 Å². The number of nitrogens with one attached hydrogen (secondary N) is 2. The molecule has 0 aromatic heterocycles. The molecule has 0 spiro atoms. The fourth-order valence-corrected chi connectivity index (χ4v) is 5.96. The molecule has 5 heteroatoms. The fourth-order valence-electron chi connectivity index (χ4n) is 5.96. The topological polar surface area (TPSA) is 58.2 Å². The lowest BCUT2D eigenvalue weighted by Gasteiger charge is -2.57. The van der Waals surface area contributed by atoms with E-state index in [1.807, 2.05) is 13.8 Å². The van der Waals surface area contributed by atoms with E-state index in [4.69, 9.17) is 0 Å². The van der Waals surface area contributed by atoms with Crippen molar-refractivity contribution in [3.8, 4) is 0 Å². The Balaban J connectivity index is 1.45. The highest BCUT2D eigenvalue weighted by Gasteiger charge is 2.52. The molecule has 2 N–H and O–H groups in total. The van der Waals surface area contributed by atoms with Gasteiger partial charge in [-0.2, -0.15) is 0 Å². The minimum atomic E-state index is -0.587. The Morgan fingerprint density at radius 3 is 2.00 bits per heavy atom. The maximum absolute atomic E-state index is 13.1. The van der Waals surface area contributed by atoms with Gasteiger partial charge in [0.1, 0.15) is 11.9 Å². The van der Waals surface area contributed by atoms with Gasteiger partial charge in [0.2, 0.25) is 5.91 Å². The molecule has 5 rings (SSSR count). The SMILES string of the molecule is CC(C)C(NC(=O)c1ccc(F)cc1)C(=O)NC12CC3CC(CC(C3)C1)C2. The molecule has 4 fully saturated rings. The van der Waals surface area contributed by atoms with E-state index in [9.17, 15) is 14.0 Å². The van der Waals surface area contributed by atoms with Crippen LogP contribution in [-0.4, -0.2) is 23.4 Å². The molecule has 1 aromatic rings. The van der Waals surface area contributed by atoms with Crippen LogP contribution in [0.1, 0.15) is 62.7 Å². The number of halogens is 1. The van der Waals surface area contributed by atoms with Crippen LogP contribution in [0.25, 0.3) is 0 Å². The second kappa shape index (κ2) is 6.92. The molecule has 146 valence electrons. The van der Waals surface area contributed by atoms with Gasteiger partial charge >= 0.3 is 0 Å². The number of carbonyl (C=O) groups is 2. The number of benzene rings is 1. The van der Waals surface area contributed by atoms with Crippen LogP contribution >= 0.6 is 0 Å². The Bertz CT molecular complexity index is 693. The molecule has 1 aromatic carbocycles. The predicted octanol–water partition coefficient (Wildman–Crippen LogP) is 3.67. The van der Waals surface area contributed by atoms with E-state index < -0.39 is 6.04 Å². The summed E-state index contributed by atoms with van der Waals surface area (Å²) in [6.07, 6.45) is 7.22. The number of rotatable bonds is 5. The Kier molecular flexibility index (Phi) is 4.73. The lowest BCUT2D eigenvalue weighted by Crippen LogP contribution is -2.63.